The summed E-state index contributed by atoms with van der Waals surface area (Å²) in [6, 6.07) is 20.0. The van der Waals surface area contributed by atoms with Gasteiger partial charge in [0.15, 0.2) is 0 Å². The van der Waals surface area contributed by atoms with E-state index >= 15 is 0 Å². The lowest BCUT2D eigenvalue weighted by Gasteiger charge is -2.32. The molecule has 0 amide bonds. The van der Waals surface area contributed by atoms with Crippen LogP contribution in [0.25, 0.3) is 0 Å². The summed E-state index contributed by atoms with van der Waals surface area (Å²) in [6.07, 6.45) is 1.14. The van der Waals surface area contributed by atoms with Crippen molar-refractivity contribution in [2.75, 3.05) is 6.54 Å². The molecule has 104 valence electrons. The highest BCUT2D eigenvalue weighted by Gasteiger charge is 2.38. The van der Waals surface area contributed by atoms with Gasteiger partial charge < -0.3 is 5.73 Å². The summed E-state index contributed by atoms with van der Waals surface area (Å²) in [5, 5.41) is 0. The van der Waals surface area contributed by atoms with Crippen LogP contribution in [-0.4, -0.2) is 12.3 Å². The van der Waals surface area contributed by atoms with Gasteiger partial charge in [0, 0.05) is 6.42 Å². The molecule has 0 atom stereocenters. The summed E-state index contributed by atoms with van der Waals surface area (Å²) in [5.74, 6) is 0.194. The number of hydrogen-bond donors (Lipinski definition) is 1. The van der Waals surface area contributed by atoms with Crippen molar-refractivity contribution < 1.29 is 4.79 Å². The molecule has 0 saturated heterocycles. The van der Waals surface area contributed by atoms with Crippen LogP contribution in [-0.2, 0) is 10.2 Å². The monoisotopic (exact) mass is 267 g/mol. The number of carbonyl (C=O) groups is 1. The van der Waals surface area contributed by atoms with Crippen molar-refractivity contribution in [1.29, 1.82) is 0 Å². The second-order valence-electron chi connectivity index (χ2n) is 4.95. The number of rotatable bonds is 6. The summed E-state index contributed by atoms with van der Waals surface area (Å²) in [7, 11) is 0. The molecule has 0 aliphatic heterocycles. The average molecular weight is 267 g/mol. The van der Waals surface area contributed by atoms with Crippen LogP contribution >= 0.6 is 0 Å². The molecule has 2 N–H and O–H groups in total. The maximum atomic E-state index is 12.8. The molecule has 0 unspecified atom stereocenters. The van der Waals surface area contributed by atoms with Crippen LogP contribution in [0.1, 0.15) is 30.9 Å². The molecule has 0 aliphatic carbocycles. The second-order valence-corrected chi connectivity index (χ2v) is 4.95. The van der Waals surface area contributed by atoms with Gasteiger partial charge >= 0.3 is 0 Å². The molecule has 0 heterocycles. The minimum atomic E-state index is -0.581. The standard InChI is InChI=1S/C18H21NO/c1-2-18(17(20)13-14-19,15-9-5-3-6-10-15)16-11-7-4-8-12-16/h3-12H,2,13-14,19H2,1H3. The quantitative estimate of drug-likeness (QED) is 0.872. The van der Waals surface area contributed by atoms with Crippen LogP contribution in [0.15, 0.2) is 60.7 Å². The Bertz CT molecular complexity index is 509. The van der Waals surface area contributed by atoms with Gasteiger partial charge in [0.25, 0.3) is 0 Å². The number of nitrogens with two attached hydrogens (primary N) is 1. The predicted molar refractivity (Wildman–Crippen MR) is 82.6 cm³/mol. The van der Waals surface area contributed by atoms with Gasteiger partial charge in [0.1, 0.15) is 5.78 Å². The van der Waals surface area contributed by atoms with E-state index in [0.717, 1.165) is 17.5 Å². The van der Waals surface area contributed by atoms with Crippen LogP contribution in [0.3, 0.4) is 0 Å². The van der Waals surface area contributed by atoms with E-state index in [2.05, 4.69) is 6.92 Å². The number of Topliss-reactive ketones (excluding diaryl/α,β-unsaturated/α-hetero) is 1. The van der Waals surface area contributed by atoms with Crippen LogP contribution in [0, 0.1) is 0 Å². The van der Waals surface area contributed by atoms with Gasteiger partial charge in [-0.1, -0.05) is 67.6 Å². The van der Waals surface area contributed by atoms with Gasteiger partial charge in [0.05, 0.1) is 5.41 Å². The Balaban J connectivity index is 2.61. The SMILES string of the molecule is CCC(C(=O)CCN)(c1ccccc1)c1ccccc1. The summed E-state index contributed by atoms with van der Waals surface area (Å²) >= 11 is 0. The molecule has 2 aromatic rings. The Morgan fingerprint density at radius 1 is 0.950 bits per heavy atom. The largest absolute Gasteiger partial charge is 0.330 e. The van der Waals surface area contributed by atoms with Crippen molar-refractivity contribution in [3.63, 3.8) is 0 Å². The fourth-order valence-corrected chi connectivity index (χ4v) is 2.88. The topological polar surface area (TPSA) is 43.1 Å². The van der Waals surface area contributed by atoms with E-state index in [4.69, 9.17) is 5.73 Å². The molecule has 20 heavy (non-hydrogen) atoms. The maximum absolute atomic E-state index is 12.8. The van der Waals surface area contributed by atoms with Crippen LogP contribution < -0.4 is 5.73 Å². The first-order valence-electron chi connectivity index (χ1n) is 7.10. The lowest BCUT2D eigenvalue weighted by Crippen LogP contribution is -2.37. The molecular weight excluding hydrogens is 246 g/mol. The first-order chi connectivity index (χ1) is 9.75. The molecule has 0 radical (unpaired) electrons. The normalized spacial score (nSPS) is 11.3. The van der Waals surface area contributed by atoms with Crippen molar-refractivity contribution in [2.45, 2.75) is 25.2 Å². The third kappa shape index (κ3) is 2.52. The van der Waals surface area contributed by atoms with Crippen LogP contribution in [0.5, 0.6) is 0 Å². The lowest BCUT2D eigenvalue weighted by molar-refractivity contribution is -0.123. The highest BCUT2D eigenvalue weighted by atomic mass is 16.1. The number of carbonyl (C=O) groups excluding carboxylic acids is 1. The molecule has 0 fully saturated rings. The van der Waals surface area contributed by atoms with Gasteiger partial charge in [0.2, 0.25) is 0 Å². The number of ketones is 1. The Labute approximate surface area is 120 Å². The van der Waals surface area contributed by atoms with Gasteiger partial charge in [-0.25, -0.2) is 0 Å². The molecule has 2 nitrogen and oxygen atoms in total. The third-order valence-corrected chi connectivity index (χ3v) is 3.91. The second kappa shape index (κ2) is 6.49. The van der Waals surface area contributed by atoms with Crippen molar-refractivity contribution in [2.24, 2.45) is 5.73 Å². The van der Waals surface area contributed by atoms with E-state index in [1.807, 2.05) is 60.7 Å². The molecule has 0 saturated carbocycles. The van der Waals surface area contributed by atoms with E-state index in [0.29, 0.717) is 13.0 Å². The molecule has 0 bridgehead atoms. The zero-order valence-corrected chi connectivity index (χ0v) is 11.9. The molecule has 0 aromatic heterocycles. The van der Waals surface area contributed by atoms with Crippen molar-refractivity contribution in [3.8, 4) is 0 Å². The third-order valence-electron chi connectivity index (χ3n) is 3.91. The van der Waals surface area contributed by atoms with Crippen molar-refractivity contribution in [3.05, 3.63) is 71.8 Å². The molecule has 2 aromatic carbocycles. The zero-order valence-electron chi connectivity index (χ0n) is 11.9. The van der Waals surface area contributed by atoms with Gasteiger partial charge in [-0.05, 0) is 24.1 Å². The smallest absolute Gasteiger partial charge is 0.149 e. The van der Waals surface area contributed by atoms with Crippen molar-refractivity contribution >= 4 is 5.78 Å². The summed E-state index contributed by atoms with van der Waals surface area (Å²) in [4.78, 5) is 12.8. The van der Waals surface area contributed by atoms with Crippen molar-refractivity contribution in [1.82, 2.24) is 0 Å². The highest BCUT2D eigenvalue weighted by molar-refractivity contribution is 5.94. The van der Waals surface area contributed by atoms with Gasteiger partial charge in [-0.15, -0.1) is 0 Å². The number of hydrogen-bond acceptors (Lipinski definition) is 2. The molecule has 2 heteroatoms. The van der Waals surface area contributed by atoms with Gasteiger partial charge in [-0.2, -0.15) is 0 Å². The summed E-state index contributed by atoms with van der Waals surface area (Å²) in [5.41, 5.74) is 7.13. The first kappa shape index (κ1) is 14.5. The first-order valence-corrected chi connectivity index (χ1v) is 7.10. The lowest BCUT2D eigenvalue weighted by atomic mass is 9.68. The molecular formula is C18H21NO. The fourth-order valence-electron chi connectivity index (χ4n) is 2.88. The summed E-state index contributed by atoms with van der Waals surface area (Å²) in [6.45, 7) is 2.45. The Morgan fingerprint density at radius 2 is 1.40 bits per heavy atom. The van der Waals surface area contributed by atoms with E-state index in [1.165, 1.54) is 0 Å². The fraction of sp³-hybridized carbons (Fsp3) is 0.278. The predicted octanol–water partition coefficient (Wildman–Crippen LogP) is 3.30. The van der Waals surface area contributed by atoms with E-state index in [9.17, 15) is 4.79 Å². The minimum Gasteiger partial charge on any atom is -0.330 e. The molecule has 2 rings (SSSR count). The van der Waals surface area contributed by atoms with Crippen LogP contribution in [0.4, 0.5) is 0 Å². The minimum absolute atomic E-state index is 0.194. The molecule has 0 spiro atoms. The number of benzene rings is 2. The Hall–Kier alpha value is -1.93. The van der Waals surface area contributed by atoms with Crippen LogP contribution in [0.2, 0.25) is 0 Å². The Kier molecular flexibility index (Phi) is 4.70. The highest BCUT2D eigenvalue weighted by Crippen LogP contribution is 2.37. The maximum Gasteiger partial charge on any atom is 0.149 e. The summed E-state index contributed by atoms with van der Waals surface area (Å²) < 4.78 is 0. The van der Waals surface area contributed by atoms with E-state index in [-0.39, 0.29) is 5.78 Å². The van der Waals surface area contributed by atoms with E-state index in [1.54, 1.807) is 0 Å². The van der Waals surface area contributed by atoms with E-state index < -0.39 is 5.41 Å². The average Bonchev–Trinajstić information content (AvgIpc) is 2.51. The van der Waals surface area contributed by atoms with Gasteiger partial charge in [-0.3, -0.25) is 4.79 Å². The Morgan fingerprint density at radius 3 is 1.75 bits per heavy atom. The zero-order chi connectivity index (χ0) is 14.4. The molecule has 0 aliphatic rings.